The monoisotopic (exact) mass is 221 g/mol. The Bertz CT molecular complexity index is 232. The van der Waals surface area contributed by atoms with E-state index in [2.05, 4.69) is 13.2 Å². The Morgan fingerprint density at radius 3 is 1.94 bits per heavy atom. The first-order chi connectivity index (χ1) is 7.70. The number of allylic oxidation sites excluding steroid dienone is 6. The zero-order valence-corrected chi connectivity index (χ0v) is 11.5. The van der Waals surface area contributed by atoms with Crippen molar-refractivity contribution in [2.75, 3.05) is 0 Å². The summed E-state index contributed by atoms with van der Waals surface area (Å²) in [6.45, 7) is 17.4. The number of rotatable bonds is 5. The summed E-state index contributed by atoms with van der Waals surface area (Å²) in [6.07, 6.45) is 9.58. The zero-order valence-electron chi connectivity index (χ0n) is 11.5. The minimum absolute atomic E-state index is 0.463. The van der Waals surface area contributed by atoms with Crippen molar-refractivity contribution in [2.24, 2.45) is 0 Å². The molecule has 0 radical (unpaired) electrons. The molecule has 1 nitrogen and oxygen atoms in total. The van der Waals surface area contributed by atoms with E-state index in [4.69, 9.17) is 5.41 Å². The Balaban J connectivity index is -0.000000376. The molecule has 16 heavy (non-hydrogen) atoms. The molecular formula is C15H27N. The molecule has 0 aromatic rings. The smallest absolute Gasteiger partial charge is 0.0539 e. The molecule has 0 unspecified atom stereocenters. The van der Waals surface area contributed by atoms with Crippen molar-refractivity contribution in [3.63, 3.8) is 0 Å². The molecule has 0 aliphatic rings. The van der Waals surface area contributed by atoms with Crippen LogP contribution in [0.2, 0.25) is 0 Å². The fourth-order valence-corrected chi connectivity index (χ4v) is 0.553. The van der Waals surface area contributed by atoms with Crippen LogP contribution in [-0.4, -0.2) is 5.71 Å². The summed E-state index contributed by atoms with van der Waals surface area (Å²) in [4.78, 5) is 0. The van der Waals surface area contributed by atoms with Crippen molar-refractivity contribution in [3.05, 3.63) is 49.1 Å². The number of hydrogen-bond acceptors (Lipinski definition) is 1. The van der Waals surface area contributed by atoms with E-state index in [1.165, 1.54) is 0 Å². The molecule has 0 bridgehead atoms. The standard InChI is InChI=1S/C11H15N.2C2H6/c1-4-6-7-11(12)9-8-10(3)5-2;2*1-2/h4,6-9,12H,1,3,5H2,2H3;2*1-2H3/b7-6-,9-8+,12-11?;;. The Morgan fingerprint density at radius 2 is 1.56 bits per heavy atom. The molecule has 0 aliphatic carbocycles. The van der Waals surface area contributed by atoms with Gasteiger partial charge in [-0.2, -0.15) is 0 Å². The molecule has 0 aromatic carbocycles. The first-order valence-electron chi connectivity index (χ1n) is 5.94. The summed E-state index contributed by atoms with van der Waals surface area (Å²) < 4.78 is 0. The lowest BCUT2D eigenvalue weighted by molar-refractivity contribution is 1.16. The highest BCUT2D eigenvalue weighted by atomic mass is 14.4. The van der Waals surface area contributed by atoms with Gasteiger partial charge in [0, 0.05) is 0 Å². The van der Waals surface area contributed by atoms with Crippen LogP contribution in [0, 0.1) is 5.41 Å². The molecule has 1 heteroatoms. The Kier molecular flexibility index (Phi) is 24.2. The van der Waals surface area contributed by atoms with Crippen molar-refractivity contribution < 1.29 is 0 Å². The average Bonchev–Trinajstić information content (AvgIpc) is 2.38. The van der Waals surface area contributed by atoms with Crippen molar-refractivity contribution in [1.82, 2.24) is 0 Å². The fraction of sp³-hybridized carbons (Fsp3) is 0.400. The fourth-order valence-electron chi connectivity index (χ4n) is 0.553. The molecule has 0 rings (SSSR count). The van der Waals surface area contributed by atoms with Crippen LogP contribution in [-0.2, 0) is 0 Å². The molecule has 0 aliphatic heterocycles. The summed E-state index contributed by atoms with van der Waals surface area (Å²) in [5.41, 5.74) is 1.50. The maximum Gasteiger partial charge on any atom is 0.0539 e. The van der Waals surface area contributed by atoms with Crippen LogP contribution in [0.25, 0.3) is 0 Å². The number of nitrogens with one attached hydrogen (secondary N) is 1. The van der Waals surface area contributed by atoms with Crippen LogP contribution in [0.1, 0.15) is 41.0 Å². The van der Waals surface area contributed by atoms with Gasteiger partial charge >= 0.3 is 0 Å². The van der Waals surface area contributed by atoms with Crippen molar-refractivity contribution >= 4 is 5.71 Å². The van der Waals surface area contributed by atoms with Crippen LogP contribution in [0.5, 0.6) is 0 Å². The van der Waals surface area contributed by atoms with Gasteiger partial charge < -0.3 is 5.41 Å². The third-order valence-corrected chi connectivity index (χ3v) is 1.36. The Labute approximate surface area is 102 Å². The molecule has 92 valence electrons. The van der Waals surface area contributed by atoms with Gasteiger partial charge in [-0.05, 0) is 18.6 Å². The molecular weight excluding hydrogens is 194 g/mol. The van der Waals surface area contributed by atoms with E-state index in [0.29, 0.717) is 5.71 Å². The van der Waals surface area contributed by atoms with E-state index >= 15 is 0 Å². The quantitative estimate of drug-likeness (QED) is 0.479. The molecule has 0 amide bonds. The predicted molar refractivity (Wildman–Crippen MR) is 78.3 cm³/mol. The van der Waals surface area contributed by atoms with E-state index in [1.807, 2.05) is 40.7 Å². The second-order valence-electron chi connectivity index (χ2n) is 2.40. The first-order valence-corrected chi connectivity index (χ1v) is 5.94. The lowest BCUT2D eigenvalue weighted by Crippen LogP contribution is -1.82. The second kappa shape index (κ2) is 19.2. The summed E-state index contributed by atoms with van der Waals surface area (Å²) in [5, 5.41) is 7.40. The summed E-state index contributed by atoms with van der Waals surface area (Å²) >= 11 is 0. The molecule has 0 fully saturated rings. The third kappa shape index (κ3) is 18.4. The van der Waals surface area contributed by atoms with Gasteiger partial charge in [0.25, 0.3) is 0 Å². The van der Waals surface area contributed by atoms with Crippen molar-refractivity contribution in [1.29, 1.82) is 5.41 Å². The first kappa shape index (κ1) is 20.1. The summed E-state index contributed by atoms with van der Waals surface area (Å²) in [7, 11) is 0. The summed E-state index contributed by atoms with van der Waals surface area (Å²) in [6, 6.07) is 0. The van der Waals surface area contributed by atoms with E-state index in [0.717, 1.165) is 12.0 Å². The van der Waals surface area contributed by atoms with Crippen LogP contribution in [0.4, 0.5) is 0 Å². The molecule has 0 heterocycles. The topological polar surface area (TPSA) is 23.9 Å². The predicted octanol–water partition coefficient (Wildman–Crippen LogP) is 5.32. The van der Waals surface area contributed by atoms with Gasteiger partial charge in [0.2, 0.25) is 0 Å². The van der Waals surface area contributed by atoms with Crippen LogP contribution < -0.4 is 0 Å². The van der Waals surface area contributed by atoms with Gasteiger partial charge in [0.1, 0.15) is 0 Å². The molecule has 0 saturated heterocycles. The van der Waals surface area contributed by atoms with Gasteiger partial charge in [-0.25, -0.2) is 0 Å². The average molecular weight is 221 g/mol. The minimum atomic E-state index is 0.463. The minimum Gasteiger partial charge on any atom is -0.301 e. The Morgan fingerprint density at radius 1 is 1.06 bits per heavy atom. The highest BCUT2D eigenvalue weighted by molar-refractivity contribution is 6.01. The molecule has 0 aromatic heterocycles. The SMILES string of the molecule is C=C/C=C\C(=N)/C=C/C(=C)CC.CC.CC. The van der Waals surface area contributed by atoms with Gasteiger partial charge in [-0.3, -0.25) is 0 Å². The highest BCUT2D eigenvalue weighted by Crippen LogP contribution is 1.97. The van der Waals surface area contributed by atoms with Gasteiger partial charge in [0.05, 0.1) is 5.71 Å². The van der Waals surface area contributed by atoms with Gasteiger partial charge in [0.15, 0.2) is 0 Å². The second-order valence-corrected chi connectivity index (χ2v) is 2.40. The normalized spacial score (nSPS) is 8.81. The van der Waals surface area contributed by atoms with Crippen LogP contribution >= 0.6 is 0 Å². The van der Waals surface area contributed by atoms with E-state index < -0.39 is 0 Å². The van der Waals surface area contributed by atoms with Crippen LogP contribution in [0.15, 0.2) is 49.1 Å². The third-order valence-electron chi connectivity index (χ3n) is 1.36. The van der Waals surface area contributed by atoms with Gasteiger partial charge in [-0.1, -0.05) is 71.6 Å². The number of hydrogen-bond donors (Lipinski definition) is 1. The molecule has 0 atom stereocenters. The Hall–Kier alpha value is -1.37. The van der Waals surface area contributed by atoms with E-state index in [9.17, 15) is 0 Å². The maximum atomic E-state index is 7.40. The maximum absolute atomic E-state index is 7.40. The molecule has 1 N–H and O–H groups in total. The highest BCUT2D eigenvalue weighted by Gasteiger charge is 1.83. The van der Waals surface area contributed by atoms with Gasteiger partial charge in [-0.15, -0.1) is 0 Å². The van der Waals surface area contributed by atoms with E-state index in [1.54, 1.807) is 24.3 Å². The summed E-state index contributed by atoms with van der Waals surface area (Å²) in [5.74, 6) is 0. The van der Waals surface area contributed by atoms with E-state index in [-0.39, 0.29) is 0 Å². The lowest BCUT2D eigenvalue weighted by Gasteiger charge is -1.90. The zero-order chi connectivity index (χ0) is 13.4. The van der Waals surface area contributed by atoms with Crippen LogP contribution in [0.3, 0.4) is 0 Å². The van der Waals surface area contributed by atoms with Crippen molar-refractivity contribution in [2.45, 2.75) is 41.0 Å². The molecule has 0 saturated carbocycles. The largest absolute Gasteiger partial charge is 0.301 e. The van der Waals surface area contributed by atoms with Crippen molar-refractivity contribution in [3.8, 4) is 0 Å². The molecule has 0 spiro atoms. The lowest BCUT2D eigenvalue weighted by atomic mass is 10.2.